The van der Waals surface area contributed by atoms with Gasteiger partial charge in [-0.15, -0.1) is 0 Å². The molecule has 2 aromatic rings. The van der Waals surface area contributed by atoms with Crippen molar-refractivity contribution in [3.05, 3.63) is 65.7 Å². The molecule has 0 N–H and O–H groups in total. The van der Waals surface area contributed by atoms with E-state index in [9.17, 15) is 4.79 Å². The molecule has 0 fully saturated rings. The van der Waals surface area contributed by atoms with Crippen LogP contribution in [0.3, 0.4) is 0 Å². The van der Waals surface area contributed by atoms with E-state index in [0.29, 0.717) is 12.1 Å². The molecule has 0 saturated heterocycles. The molecule has 2 aromatic carbocycles. The van der Waals surface area contributed by atoms with Crippen LogP contribution in [0.25, 0.3) is 11.1 Å². The highest BCUT2D eigenvalue weighted by Gasteiger charge is 2.26. The smallest absolute Gasteiger partial charge is 0.253 e. The maximum absolute atomic E-state index is 12.9. The van der Waals surface area contributed by atoms with Crippen molar-refractivity contribution >= 4 is 11.6 Å². The summed E-state index contributed by atoms with van der Waals surface area (Å²) in [5.41, 5.74) is 6.76. The molecule has 144 valence electrons. The number of quaternary nitrogens is 1. The zero-order valence-corrected chi connectivity index (χ0v) is 17.5. The van der Waals surface area contributed by atoms with Crippen molar-refractivity contribution in [1.29, 1.82) is 0 Å². The number of hydrogen-bond donors (Lipinski definition) is 0. The lowest BCUT2D eigenvalue weighted by molar-refractivity contribution is -0.870. The first-order valence-corrected chi connectivity index (χ1v) is 9.26. The van der Waals surface area contributed by atoms with Gasteiger partial charge in [-0.3, -0.25) is 4.79 Å². The van der Waals surface area contributed by atoms with Crippen molar-refractivity contribution in [3.63, 3.8) is 0 Å². The molecule has 0 aliphatic heterocycles. The molecule has 0 spiro atoms. The standard InChI is InChI=1S/C23H29N2O.ClH/c1-17(2)23(26)24(14-9-15-25(3,4)5)22-13-8-12-20-19-11-7-6-10-18(19)16-21(20)22;/h6-8,10-13H,1,9,14-16H2,2-5H3;1H/q+1;/p-1. The fraction of sp³-hybridized carbons (Fsp3) is 0.348. The lowest BCUT2D eigenvalue weighted by Crippen LogP contribution is -3.00. The molecule has 0 aromatic heterocycles. The van der Waals surface area contributed by atoms with Crippen LogP contribution in [0.2, 0.25) is 0 Å². The Labute approximate surface area is 169 Å². The maximum atomic E-state index is 12.9. The molecule has 4 heteroatoms. The molecule has 0 unspecified atom stereocenters. The van der Waals surface area contributed by atoms with Crippen LogP contribution >= 0.6 is 0 Å². The van der Waals surface area contributed by atoms with Gasteiger partial charge in [-0.25, -0.2) is 0 Å². The van der Waals surface area contributed by atoms with Crippen LogP contribution in [-0.4, -0.2) is 44.6 Å². The van der Waals surface area contributed by atoms with Gasteiger partial charge in [0, 0.05) is 30.6 Å². The number of halogens is 1. The number of amides is 1. The van der Waals surface area contributed by atoms with E-state index in [0.717, 1.165) is 29.6 Å². The van der Waals surface area contributed by atoms with Crippen molar-refractivity contribution in [1.82, 2.24) is 0 Å². The predicted octanol–water partition coefficient (Wildman–Crippen LogP) is 1.27. The zero-order chi connectivity index (χ0) is 18.9. The van der Waals surface area contributed by atoms with Crippen molar-refractivity contribution in [3.8, 4) is 11.1 Å². The summed E-state index contributed by atoms with van der Waals surface area (Å²) in [5.74, 6) is 0.0239. The summed E-state index contributed by atoms with van der Waals surface area (Å²) in [7, 11) is 6.55. The minimum absolute atomic E-state index is 0. The lowest BCUT2D eigenvalue weighted by atomic mass is 10.0. The molecule has 0 atom stereocenters. The second-order valence-corrected chi connectivity index (χ2v) is 8.24. The van der Waals surface area contributed by atoms with Crippen molar-refractivity contribution in [2.45, 2.75) is 19.8 Å². The van der Waals surface area contributed by atoms with Gasteiger partial charge in [-0.05, 0) is 35.2 Å². The fourth-order valence-electron chi connectivity index (χ4n) is 3.66. The molecule has 27 heavy (non-hydrogen) atoms. The highest BCUT2D eigenvalue weighted by molar-refractivity contribution is 6.06. The molecule has 1 amide bonds. The van der Waals surface area contributed by atoms with Gasteiger partial charge in [0.05, 0.1) is 27.7 Å². The quantitative estimate of drug-likeness (QED) is 0.463. The molecule has 0 heterocycles. The van der Waals surface area contributed by atoms with Crippen LogP contribution in [0.4, 0.5) is 5.69 Å². The SMILES string of the molecule is C=C(C)C(=O)N(CCC[N+](C)(C)C)c1cccc2c1Cc1ccccc1-2.[Cl-]. The third kappa shape index (κ3) is 4.60. The van der Waals surface area contributed by atoms with E-state index in [2.05, 4.69) is 70.2 Å². The van der Waals surface area contributed by atoms with Crippen molar-refractivity contribution in [2.24, 2.45) is 0 Å². The average Bonchev–Trinajstić information content (AvgIpc) is 2.96. The van der Waals surface area contributed by atoms with Gasteiger partial charge in [-0.2, -0.15) is 0 Å². The van der Waals surface area contributed by atoms with Gasteiger partial charge < -0.3 is 21.8 Å². The molecule has 1 aliphatic rings. The Morgan fingerprint density at radius 2 is 1.74 bits per heavy atom. The molecule has 0 bridgehead atoms. The summed E-state index contributed by atoms with van der Waals surface area (Å²) in [5, 5.41) is 0. The molecular weight excluding hydrogens is 356 g/mol. The number of carbonyl (C=O) groups is 1. The van der Waals surface area contributed by atoms with E-state index >= 15 is 0 Å². The minimum atomic E-state index is 0. The monoisotopic (exact) mass is 384 g/mol. The summed E-state index contributed by atoms with van der Waals surface area (Å²) < 4.78 is 0.896. The molecular formula is C23H29ClN2O. The lowest BCUT2D eigenvalue weighted by Gasteiger charge is -2.28. The number of benzene rings is 2. The fourth-order valence-corrected chi connectivity index (χ4v) is 3.66. The van der Waals surface area contributed by atoms with Crippen molar-refractivity contribution < 1.29 is 21.7 Å². The van der Waals surface area contributed by atoms with E-state index in [1.165, 1.54) is 22.3 Å². The largest absolute Gasteiger partial charge is 1.00 e. The van der Waals surface area contributed by atoms with E-state index in [-0.39, 0.29) is 18.3 Å². The summed E-state index contributed by atoms with van der Waals surface area (Å²) in [6.07, 6.45) is 1.84. The molecule has 3 rings (SSSR count). The van der Waals surface area contributed by atoms with Gasteiger partial charge in [0.1, 0.15) is 0 Å². The van der Waals surface area contributed by atoms with Gasteiger partial charge in [0.25, 0.3) is 5.91 Å². The summed E-state index contributed by atoms with van der Waals surface area (Å²) >= 11 is 0. The van der Waals surface area contributed by atoms with Crippen LogP contribution in [0.1, 0.15) is 24.5 Å². The number of nitrogens with zero attached hydrogens (tertiary/aromatic N) is 2. The second kappa shape index (κ2) is 8.28. The first-order valence-electron chi connectivity index (χ1n) is 9.26. The Bertz CT molecular complexity index is 852. The predicted molar refractivity (Wildman–Crippen MR) is 109 cm³/mol. The molecule has 3 nitrogen and oxygen atoms in total. The van der Waals surface area contributed by atoms with Gasteiger partial charge in [-0.1, -0.05) is 43.0 Å². The van der Waals surface area contributed by atoms with Gasteiger partial charge in [0.15, 0.2) is 0 Å². The third-order valence-electron chi connectivity index (χ3n) is 4.94. The minimum Gasteiger partial charge on any atom is -1.00 e. The summed E-state index contributed by atoms with van der Waals surface area (Å²) in [4.78, 5) is 14.8. The topological polar surface area (TPSA) is 20.3 Å². The normalized spacial score (nSPS) is 12.0. The number of anilines is 1. The van der Waals surface area contributed by atoms with E-state index in [1.807, 2.05) is 4.90 Å². The number of hydrogen-bond acceptors (Lipinski definition) is 1. The van der Waals surface area contributed by atoms with Gasteiger partial charge in [0.2, 0.25) is 0 Å². The highest BCUT2D eigenvalue weighted by Crippen LogP contribution is 2.41. The van der Waals surface area contributed by atoms with Crippen LogP contribution in [0, 0.1) is 0 Å². The Kier molecular flexibility index (Phi) is 6.50. The number of carbonyl (C=O) groups excluding carboxylic acids is 1. The van der Waals surface area contributed by atoms with Crippen LogP contribution in [0.5, 0.6) is 0 Å². The summed E-state index contributed by atoms with van der Waals surface area (Å²) in [6, 6.07) is 14.8. The third-order valence-corrected chi connectivity index (χ3v) is 4.94. The Morgan fingerprint density at radius 3 is 2.41 bits per heavy atom. The van der Waals surface area contributed by atoms with Crippen molar-refractivity contribution in [2.75, 3.05) is 39.1 Å². The van der Waals surface area contributed by atoms with E-state index in [1.54, 1.807) is 6.92 Å². The van der Waals surface area contributed by atoms with E-state index in [4.69, 9.17) is 0 Å². The second-order valence-electron chi connectivity index (χ2n) is 8.24. The average molecular weight is 385 g/mol. The van der Waals surface area contributed by atoms with Gasteiger partial charge >= 0.3 is 0 Å². The Balaban J connectivity index is 0.00000261. The molecule has 0 saturated carbocycles. The van der Waals surface area contributed by atoms with Crippen LogP contribution in [0.15, 0.2) is 54.6 Å². The first-order chi connectivity index (χ1) is 12.3. The molecule has 0 radical (unpaired) electrons. The van der Waals surface area contributed by atoms with E-state index < -0.39 is 0 Å². The Hall–Kier alpha value is -2.10. The Morgan fingerprint density at radius 1 is 1.07 bits per heavy atom. The summed E-state index contributed by atoms with van der Waals surface area (Å²) in [6.45, 7) is 7.43. The number of fused-ring (bicyclic) bond motifs is 3. The molecule has 1 aliphatic carbocycles. The van der Waals surface area contributed by atoms with Crippen LogP contribution < -0.4 is 17.3 Å². The zero-order valence-electron chi connectivity index (χ0n) is 16.8. The van der Waals surface area contributed by atoms with Crippen LogP contribution in [-0.2, 0) is 11.2 Å². The first kappa shape index (κ1) is 21.2. The highest BCUT2D eigenvalue weighted by atomic mass is 35.5. The number of rotatable bonds is 6. The maximum Gasteiger partial charge on any atom is 0.253 e.